The second kappa shape index (κ2) is 4.70. The van der Waals surface area contributed by atoms with Gasteiger partial charge in [-0.2, -0.15) is 0 Å². The molecule has 3 nitrogen and oxygen atoms in total. The maximum atomic E-state index is 10.6. The van der Waals surface area contributed by atoms with Gasteiger partial charge in [-0.15, -0.1) is 0 Å². The summed E-state index contributed by atoms with van der Waals surface area (Å²) in [6.07, 6.45) is 3.92. The zero-order valence-electron chi connectivity index (χ0n) is 9.39. The minimum Gasteiger partial charge on any atom is -0.399 e. The van der Waals surface area contributed by atoms with Crippen molar-refractivity contribution in [1.82, 2.24) is 0 Å². The first kappa shape index (κ1) is 11.2. The number of nitrogens with two attached hydrogens (primary N) is 2. The lowest BCUT2D eigenvalue weighted by molar-refractivity contribution is -0.117. The molecule has 0 radical (unpaired) electrons. The normalized spacial score (nSPS) is 11.1. The molecule has 4 N–H and O–H groups in total. The Hall–Kier alpha value is -2.29. The third-order valence-corrected chi connectivity index (χ3v) is 2.52. The predicted molar refractivity (Wildman–Crippen MR) is 71.2 cm³/mol. The van der Waals surface area contributed by atoms with Crippen LogP contribution >= 0.6 is 0 Å². The first-order valence-electron chi connectivity index (χ1n) is 5.39. The molecule has 86 valence electrons. The fraction of sp³-hybridized carbons (Fsp3) is 0.0714. The molecule has 0 aliphatic rings. The predicted octanol–water partition coefficient (Wildman–Crippen LogP) is 2.31. The van der Waals surface area contributed by atoms with Gasteiger partial charge in [-0.25, -0.2) is 0 Å². The Balaban J connectivity index is 2.29. The third-order valence-electron chi connectivity index (χ3n) is 2.52. The number of primary amides is 1. The highest BCUT2D eigenvalue weighted by atomic mass is 16.1. The number of carbonyl (C=O) groups excluding carboxylic acids is 1. The molecule has 0 atom stereocenters. The summed E-state index contributed by atoms with van der Waals surface area (Å²) in [7, 11) is 0. The Morgan fingerprint density at radius 1 is 1.12 bits per heavy atom. The number of fused-ring (bicyclic) bond motifs is 1. The molecule has 0 fully saturated rings. The Kier molecular flexibility index (Phi) is 3.10. The van der Waals surface area contributed by atoms with Gasteiger partial charge in [0.1, 0.15) is 0 Å². The summed E-state index contributed by atoms with van der Waals surface area (Å²) in [5.74, 6) is -0.324. The summed E-state index contributed by atoms with van der Waals surface area (Å²) in [5, 5.41) is 2.23. The highest BCUT2D eigenvalue weighted by Crippen LogP contribution is 2.19. The molecule has 3 heteroatoms. The number of anilines is 1. The first-order chi connectivity index (χ1) is 8.15. The molecular formula is C14H14N2O. The highest BCUT2D eigenvalue weighted by molar-refractivity contribution is 5.87. The quantitative estimate of drug-likeness (QED) is 0.788. The van der Waals surface area contributed by atoms with E-state index in [9.17, 15) is 4.79 Å². The summed E-state index contributed by atoms with van der Waals surface area (Å²) in [6.45, 7) is 0. The summed E-state index contributed by atoms with van der Waals surface area (Å²) in [4.78, 5) is 10.6. The summed E-state index contributed by atoms with van der Waals surface area (Å²) < 4.78 is 0. The lowest BCUT2D eigenvalue weighted by atomic mass is 10.1. The van der Waals surface area contributed by atoms with Crippen LogP contribution in [0.2, 0.25) is 0 Å². The number of nitrogen functional groups attached to an aromatic ring is 1. The van der Waals surface area contributed by atoms with Crippen LogP contribution < -0.4 is 11.5 Å². The fourth-order valence-corrected chi connectivity index (χ4v) is 1.70. The minimum absolute atomic E-state index is 0.264. The van der Waals surface area contributed by atoms with E-state index in [1.54, 1.807) is 6.08 Å². The van der Waals surface area contributed by atoms with Crippen LogP contribution in [0.15, 0.2) is 42.5 Å². The van der Waals surface area contributed by atoms with Gasteiger partial charge in [0.05, 0.1) is 0 Å². The lowest BCUT2D eigenvalue weighted by Gasteiger charge is -2.01. The number of amides is 1. The van der Waals surface area contributed by atoms with E-state index < -0.39 is 0 Å². The molecule has 0 aliphatic carbocycles. The fourth-order valence-electron chi connectivity index (χ4n) is 1.70. The Labute approximate surface area is 99.7 Å². The van der Waals surface area contributed by atoms with E-state index in [2.05, 4.69) is 0 Å². The molecule has 0 aliphatic heterocycles. The molecule has 0 spiro atoms. The first-order valence-corrected chi connectivity index (χ1v) is 5.39. The number of rotatable bonds is 3. The summed E-state index contributed by atoms with van der Waals surface area (Å²) in [6, 6.07) is 11.8. The monoisotopic (exact) mass is 226 g/mol. The van der Waals surface area contributed by atoms with Crippen molar-refractivity contribution in [1.29, 1.82) is 0 Å². The van der Waals surface area contributed by atoms with Gasteiger partial charge in [-0.05, 0) is 34.5 Å². The van der Waals surface area contributed by atoms with Crippen molar-refractivity contribution in [2.75, 3.05) is 5.73 Å². The van der Waals surface area contributed by atoms with Crippen LogP contribution in [0.25, 0.3) is 16.8 Å². The Morgan fingerprint density at radius 3 is 2.59 bits per heavy atom. The smallest absolute Gasteiger partial charge is 0.221 e. The molecular weight excluding hydrogens is 212 g/mol. The molecule has 0 bridgehead atoms. The van der Waals surface area contributed by atoms with Crippen LogP contribution in [0.3, 0.4) is 0 Å². The summed E-state index contributed by atoms with van der Waals surface area (Å²) in [5.41, 5.74) is 12.6. The second-order valence-corrected chi connectivity index (χ2v) is 3.94. The molecule has 0 saturated heterocycles. The number of hydrogen-bond donors (Lipinski definition) is 2. The molecule has 17 heavy (non-hydrogen) atoms. The number of carbonyl (C=O) groups is 1. The zero-order chi connectivity index (χ0) is 12.3. The maximum absolute atomic E-state index is 10.6. The average molecular weight is 226 g/mol. The van der Waals surface area contributed by atoms with Crippen LogP contribution in [0.4, 0.5) is 5.69 Å². The SMILES string of the molecule is NC(=O)CC=Cc1ccc2cc(N)ccc2c1. The van der Waals surface area contributed by atoms with Gasteiger partial charge in [0.2, 0.25) is 5.91 Å². The van der Waals surface area contributed by atoms with E-state index in [1.807, 2.05) is 42.5 Å². The van der Waals surface area contributed by atoms with E-state index >= 15 is 0 Å². The van der Waals surface area contributed by atoms with Crippen LogP contribution in [-0.4, -0.2) is 5.91 Å². The van der Waals surface area contributed by atoms with E-state index in [-0.39, 0.29) is 12.3 Å². The van der Waals surface area contributed by atoms with Gasteiger partial charge in [0.15, 0.2) is 0 Å². The van der Waals surface area contributed by atoms with Crippen LogP contribution in [0.5, 0.6) is 0 Å². The van der Waals surface area contributed by atoms with Crippen molar-refractivity contribution in [3.63, 3.8) is 0 Å². The molecule has 0 saturated carbocycles. The molecule has 0 aromatic heterocycles. The van der Waals surface area contributed by atoms with Crippen LogP contribution in [0.1, 0.15) is 12.0 Å². The van der Waals surface area contributed by atoms with Crippen molar-refractivity contribution in [3.8, 4) is 0 Å². The molecule has 0 heterocycles. The second-order valence-electron chi connectivity index (χ2n) is 3.94. The molecule has 0 unspecified atom stereocenters. The topological polar surface area (TPSA) is 69.1 Å². The molecule has 2 aromatic rings. The Bertz CT molecular complexity index is 588. The van der Waals surface area contributed by atoms with Crippen LogP contribution in [0, 0.1) is 0 Å². The van der Waals surface area contributed by atoms with Crippen molar-refractivity contribution in [3.05, 3.63) is 48.0 Å². The Morgan fingerprint density at radius 2 is 1.82 bits per heavy atom. The maximum Gasteiger partial charge on any atom is 0.221 e. The molecule has 2 rings (SSSR count). The standard InChI is InChI=1S/C14H14N2O/c15-13-7-6-11-8-10(2-1-3-14(16)17)4-5-12(11)9-13/h1-2,4-9H,3,15H2,(H2,16,17). The number of hydrogen-bond acceptors (Lipinski definition) is 2. The van der Waals surface area contributed by atoms with Crippen LogP contribution in [-0.2, 0) is 4.79 Å². The molecule has 2 aromatic carbocycles. The zero-order valence-corrected chi connectivity index (χ0v) is 9.39. The van der Waals surface area contributed by atoms with Gasteiger partial charge in [0.25, 0.3) is 0 Å². The van der Waals surface area contributed by atoms with Crippen molar-refractivity contribution in [2.24, 2.45) is 5.73 Å². The van der Waals surface area contributed by atoms with E-state index in [0.717, 1.165) is 22.0 Å². The summed E-state index contributed by atoms with van der Waals surface area (Å²) >= 11 is 0. The van der Waals surface area contributed by atoms with Gasteiger partial charge in [-0.3, -0.25) is 4.79 Å². The third kappa shape index (κ3) is 2.84. The van der Waals surface area contributed by atoms with E-state index in [4.69, 9.17) is 11.5 Å². The van der Waals surface area contributed by atoms with Crippen molar-refractivity contribution in [2.45, 2.75) is 6.42 Å². The van der Waals surface area contributed by atoms with Gasteiger partial charge >= 0.3 is 0 Å². The highest BCUT2D eigenvalue weighted by Gasteiger charge is 1.95. The van der Waals surface area contributed by atoms with E-state index in [1.165, 1.54) is 0 Å². The van der Waals surface area contributed by atoms with Crippen molar-refractivity contribution >= 4 is 28.4 Å². The number of benzene rings is 2. The van der Waals surface area contributed by atoms with Gasteiger partial charge in [-0.1, -0.05) is 30.4 Å². The molecule has 1 amide bonds. The minimum atomic E-state index is -0.324. The lowest BCUT2D eigenvalue weighted by Crippen LogP contribution is -2.07. The largest absolute Gasteiger partial charge is 0.399 e. The average Bonchev–Trinajstić information content (AvgIpc) is 2.29. The van der Waals surface area contributed by atoms with E-state index in [0.29, 0.717) is 0 Å². The van der Waals surface area contributed by atoms with Gasteiger partial charge < -0.3 is 11.5 Å². The van der Waals surface area contributed by atoms with Gasteiger partial charge in [0, 0.05) is 12.1 Å². The van der Waals surface area contributed by atoms with Crippen molar-refractivity contribution < 1.29 is 4.79 Å².